The number of imidazole rings is 2. The molecule has 3 saturated heterocycles. The zero-order chi connectivity index (χ0) is 61.4. The Bertz CT molecular complexity index is 3970. The predicted molar refractivity (Wildman–Crippen MR) is 330 cm³/mol. The Labute approximate surface area is 613 Å². The van der Waals surface area contributed by atoms with E-state index < -0.39 is 18.3 Å². The minimum absolute atomic E-state index is 0. The van der Waals surface area contributed by atoms with Crippen LogP contribution < -0.4 is 113 Å². The molecule has 3 fully saturated rings. The summed E-state index contributed by atoms with van der Waals surface area (Å²) in [5, 5.41) is 18.6. The average molecular weight is 1330 g/mol. The molecule has 2 atom stereocenters. The van der Waals surface area contributed by atoms with E-state index in [1.807, 2.05) is 131 Å². The number of carbonyl (C=O) groups is 3. The third-order valence-corrected chi connectivity index (χ3v) is 17.6. The smallest absolute Gasteiger partial charge is 1.00 e. The number of ether oxygens (including phenoxy) is 2. The molecule has 89 heavy (non-hydrogen) atoms. The summed E-state index contributed by atoms with van der Waals surface area (Å²) >= 11 is 3.54. The zero-order valence-electron chi connectivity index (χ0n) is 52.8. The van der Waals surface area contributed by atoms with E-state index in [0.29, 0.717) is 55.0 Å². The molecule has 6 aromatic heterocycles. The molecule has 13 rings (SSSR count). The molecule has 5 aliphatic rings. The molecule has 456 valence electrons. The Balaban J connectivity index is 0.000000213. The van der Waals surface area contributed by atoms with Crippen molar-refractivity contribution in [1.29, 1.82) is 0 Å². The molecule has 0 saturated carbocycles. The van der Waals surface area contributed by atoms with Gasteiger partial charge in [0.25, 0.3) is 6.47 Å². The summed E-state index contributed by atoms with van der Waals surface area (Å²) in [6.07, 6.45) is 10.9. The molecular formula is C62H72BBrK2N14O9. The normalized spacial score (nSPS) is 18.4. The van der Waals surface area contributed by atoms with Crippen molar-refractivity contribution in [2.24, 2.45) is 14.1 Å². The first-order valence-corrected chi connectivity index (χ1v) is 29.2. The van der Waals surface area contributed by atoms with Crippen LogP contribution in [0.1, 0.15) is 123 Å². The fourth-order valence-corrected chi connectivity index (χ4v) is 12.2. The van der Waals surface area contributed by atoms with Crippen LogP contribution in [-0.4, -0.2) is 136 Å². The molecule has 5 aliphatic heterocycles. The Hall–Kier alpha value is -4.89. The maximum Gasteiger partial charge on any atom is 1.00 e. The maximum atomic E-state index is 12.9. The van der Waals surface area contributed by atoms with Crippen molar-refractivity contribution >= 4 is 80.0 Å². The predicted octanol–water partition coefficient (Wildman–Crippen LogP) is 3.23. The summed E-state index contributed by atoms with van der Waals surface area (Å²) in [7, 11) is 6.88. The van der Waals surface area contributed by atoms with Gasteiger partial charge in [0.1, 0.15) is 28.3 Å². The van der Waals surface area contributed by atoms with Gasteiger partial charge in [-0.25, -0.2) is 19.7 Å². The third-order valence-electron chi connectivity index (χ3n) is 16.9. The molecule has 0 radical (unpaired) electrons. The monoisotopic (exact) mass is 1320 g/mol. The van der Waals surface area contributed by atoms with Gasteiger partial charge in [0.05, 0.1) is 89.3 Å². The number of aryl methyl sites for hydroxylation is 2. The first-order valence-electron chi connectivity index (χ1n) is 28.4. The maximum absolute atomic E-state index is 12.9. The third kappa shape index (κ3) is 14.7. The van der Waals surface area contributed by atoms with Gasteiger partial charge in [-0.15, -0.1) is 0 Å². The molecule has 0 spiro atoms. The van der Waals surface area contributed by atoms with Gasteiger partial charge in [-0.1, -0.05) is 31.7 Å². The summed E-state index contributed by atoms with van der Waals surface area (Å²) in [5.41, 5.74) is 9.41. The Morgan fingerprint density at radius 3 is 1.58 bits per heavy atom. The number of carbonyl (C=O) groups excluding carboxylic acids is 3. The van der Waals surface area contributed by atoms with Gasteiger partial charge in [0.15, 0.2) is 0 Å². The van der Waals surface area contributed by atoms with Gasteiger partial charge in [0, 0.05) is 95.5 Å². The molecule has 0 aliphatic carbocycles. The molecule has 23 nitrogen and oxygen atoms in total. The van der Waals surface area contributed by atoms with E-state index in [4.69, 9.17) is 56.9 Å². The van der Waals surface area contributed by atoms with Crippen LogP contribution in [0, 0.1) is 13.1 Å². The number of pyridine rings is 2. The number of amides is 2. The molecule has 0 bridgehead atoms. The fraction of sp³-hybridized carbons (Fsp3) is 0.435. The van der Waals surface area contributed by atoms with Crippen molar-refractivity contribution in [3.8, 4) is 33.8 Å². The first-order chi connectivity index (χ1) is 41.2. The van der Waals surface area contributed by atoms with Crippen LogP contribution in [0.15, 0.2) is 77.9 Å². The number of rotatable bonds is 7. The van der Waals surface area contributed by atoms with Crippen molar-refractivity contribution in [1.82, 2.24) is 58.4 Å². The largest absolute Gasteiger partial charge is 1.00 e. The molecule has 0 N–H and O–H groups in total. The summed E-state index contributed by atoms with van der Waals surface area (Å²) < 4.78 is 32.0. The van der Waals surface area contributed by atoms with Crippen molar-refractivity contribution in [2.75, 3.05) is 40.5 Å². The number of halogens is 1. The van der Waals surface area contributed by atoms with Crippen LogP contribution in [0.25, 0.3) is 65.3 Å². The molecule has 2 aromatic carbocycles. The Morgan fingerprint density at radius 1 is 0.685 bits per heavy atom. The zero-order valence-corrected chi connectivity index (χ0v) is 59.6. The Morgan fingerprint density at radius 2 is 1.12 bits per heavy atom. The molecule has 2 unspecified atom stereocenters. The van der Waals surface area contributed by atoms with Crippen LogP contribution in [0.2, 0.25) is 0 Å². The van der Waals surface area contributed by atoms with E-state index in [9.17, 15) is 9.59 Å². The van der Waals surface area contributed by atoms with E-state index in [-0.39, 0.29) is 148 Å². The number of nitrogens with zero attached hydrogens (tertiary/aromatic N) is 14. The fourth-order valence-electron chi connectivity index (χ4n) is 11.7. The number of hydrogen-bond acceptors (Lipinski definition) is 15. The van der Waals surface area contributed by atoms with Gasteiger partial charge in [-0.3, -0.25) is 33.7 Å². The van der Waals surface area contributed by atoms with Gasteiger partial charge in [-0.2, -0.15) is 10.2 Å². The van der Waals surface area contributed by atoms with Crippen molar-refractivity contribution < 1.29 is 148 Å². The minimum atomic E-state index is -0.497. The second-order valence-electron chi connectivity index (χ2n) is 23.0. The topological polar surface area (TPSA) is 233 Å². The second kappa shape index (κ2) is 30.2. The number of benzene rings is 2. The summed E-state index contributed by atoms with van der Waals surface area (Å²) in [5.74, 6) is 2.90. The van der Waals surface area contributed by atoms with Gasteiger partial charge in [0.2, 0.25) is 23.2 Å². The number of aromatic nitrogens is 10. The molecule has 11 heterocycles. The summed E-state index contributed by atoms with van der Waals surface area (Å²) in [4.78, 5) is 66.9. The second-order valence-corrected chi connectivity index (χ2v) is 23.8. The molecular weight excluding hydrogens is 1250 g/mol. The van der Waals surface area contributed by atoms with Crippen LogP contribution in [0.4, 0.5) is 11.4 Å². The first kappa shape index (κ1) is 71.5. The van der Waals surface area contributed by atoms with Crippen LogP contribution >= 0.6 is 15.9 Å². The number of hydrogen-bond donors (Lipinski definition) is 0. The van der Waals surface area contributed by atoms with E-state index in [0.717, 1.165) is 116 Å². The summed E-state index contributed by atoms with van der Waals surface area (Å²) in [6.45, 7) is 31.4. The van der Waals surface area contributed by atoms with E-state index in [2.05, 4.69) is 54.8 Å². The van der Waals surface area contributed by atoms with E-state index >= 15 is 0 Å². The van der Waals surface area contributed by atoms with Gasteiger partial charge < -0.3 is 49.3 Å². The van der Waals surface area contributed by atoms with Gasteiger partial charge in [-0.05, 0) is 124 Å². The van der Waals surface area contributed by atoms with Gasteiger partial charge >= 0.3 is 110 Å². The standard InChI is InChI=1S/C27H27N7O2.C20H21BN4O2.C13H18BrN3O2.CH2O3.CH4.2K.H/c1-16-27(35)32(3)15-23-25(31-26(34(16)23)17-8-10-36-11-9-17)19-6-5-7-21-20(19)12-22(28-2)24(30-21)18-13-29-33(4)14-18;1-19(2)20(3,4)27-21(26-19)15-8-7-9-16-14(15)10-17(22-5)18(24-16)13-11-23-25(6)12-13;1-8-13(18)16(2)7-10-11(14)15-12(17(8)10)9-3-5-19-6-4-9;2-1-4-3;;;;/h5-7,12-14,16-17H,8-11,15H2,1,3-4H3;7-12H,1-4,6H3;8-9H,3-7H2,1-2H3;1,3H;1H4;;;/q;;;;;2*+1;-1/p-1. The van der Waals surface area contributed by atoms with Crippen LogP contribution in [-0.2, 0) is 65.2 Å². The molecule has 2 amide bonds. The molecule has 27 heteroatoms. The van der Waals surface area contributed by atoms with E-state index in [1.54, 1.807) is 31.6 Å². The van der Waals surface area contributed by atoms with Crippen molar-refractivity contribution in [2.45, 2.75) is 123 Å². The van der Waals surface area contributed by atoms with Crippen LogP contribution in [0.3, 0.4) is 0 Å². The minimum Gasteiger partial charge on any atom is -1.00 e. The number of likely N-dealkylation sites (N-methyl/N-ethyl adjacent to an activating group) is 2. The van der Waals surface area contributed by atoms with Crippen molar-refractivity contribution in [3.05, 3.63) is 124 Å². The SMILES string of the molecule is C.CC1C(=O)N(C)Cc2c(Br)nc(C3CCOCC3)n21.O=CO[O-].[C-]#[N+]c1cc2c(-c3nc(C4CCOCC4)n4c3CN(C)C(=O)C4C)cccc2nc1-c1cnn(C)c1.[C-]#[N+]c1cc2c(B3OC(C)(C)C(C)(C)O3)cccc2nc1-c1cnn(C)c1.[H-].[K+].[K+]. The number of fused-ring (bicyclic) bond motifs is 4. The van der Waals surface area contributed by atoms with Crippen molar-refractivity contribution in [3.63, 3.8) is 0 Å². The average Bonchev–Trinajstić information content (AvgIpc) is 1.71. The van der Waals surface area contributed by atoms with E-state index in [1.165, 1.54) is 0 Å². The van der Waals surface area contributed by atoms with Crippen LogP contribution in [0.5, 0.6) is 0 Å². The molecule has 8 aromatic rings. The summed E-state index contributed by atoms with van der Waals surface area (Å²) in [6, 6.07) is 15.2. The Kier molecular flexibility index (Phi) is 24.3. The quantitative estimate of drug-likeness (QED) is 0.0733.